The molecule has 1 aromatic rings. The molecule has 1 aliphatic rings. The van der Waals surface area contributed by atoms with Gasteiger partial charge in [0.15, 0.2) is 0 Å². The van der Waals surface area contributed by atoms with Crippen LogP contribution in [0.5, 0.6) is 0 Å². The predicted molar refractivity (Wildman–Crippen MR) is 68.9 cm³/mol. The van der Waals surface area contributed by atoms with E-state index in [2.05, 4.69) is 17.2 Å². The number of hydrogen-bond donors (Lipinski definition) is 1. The summed E-state index contributed by atoms with van der Waals surface area (Å²) in [5, 5.41) is 3.29. The number of alkyl halides is 3. The zero-order chi connectivity index (χ0) is 13.9. The Morgan fingerprint density at radius 2 is 1.95 bits per heavy atom. The fourth-order valence-electron chi connectivity index (χ4n) is 2.51. The second-order valence-corrected chi connectivity index (χ2v) is 5.38. The zero-order valence-corrected chi connectivity index (χ0v) is 11.0. The number of nitrogens with zero attached hydrogens (tertiary/aromatic N) is 1. The molecule has 2 nitrogen and oxygen atoms in total. The SMILES string of the molecule is CC1CCCC(Nc2ccc(C(F)(F)F)nc2)CC1. The molecule has 5 heteroatoms. The quantitative estimate of drug-likeness (QED) is 0.803. The highest BCUT2D eigenvalue weighted by Gasteiger charge is 2.32. The van der Waals surface area contributed by atoms with Crippen molar-refractivity contribution in [3.05, 3.63) is 24.0 Å². The first kappa shape index (κ1) is 14.2. The Balaban J connectivity index is 1.96. The van der Waals surface area contributed by atoms with Crippen molar-refractivity contribution in [3.63, 3.8) is 0 Å². The molecule has 19 heavy (non-hydrogen) atoms. The average molecular weight is 272 g/mol. The Labute approximate surface area is 111 Å². The Kier molecular flexibility index (Phi) is 4.32. The number of halogens is 3. The molecule has 106 valence electrons. The monoisotopic (exact) mass is 272 g/mol. The summed E-state index contributed by atoms with van der Waals surface area (Å²) in [5.74, 6) is 0.748. The van der Waals surface area contributed by atoms with E-state index in [0.29, 0.717) is 11.7 Å². The second-order valence-electron chi connectivity index (χ2n) is 5.38. The molecular weight excluding hydrogens is 253 g/mol. The molecule has 0 spiro atoms. The third-order valence-corrected chi connectivity index (χ3v) is 3.68. The first-order valence-electron chi connectivity index (χ1n) is 6.75. The first-order chi connectivity index (χ1) is 8.95. The van der Waals surface area contributed by atoms with E-state index in [1.165, 1.54) is 31.5 Å². The van der Waals surface area contributed by atoms with Gasteiger partial charge in [-0.2, -0.15) is 13.2 Å². The summed E-state index contributed by atoms with van der Waals surface area (Å²) >= 11 is 0. The van der Waals surface area contributed by atoms with Crippen LogP contribution < -0.4 is 5.32 Å². The molecule has 0 saturated heterocycles. The Bertz CT molecular complexity index is 400. The Hall–Kier alpha value is -1.26. The van der Waals surface area contributed by atoms with E-state index in [9.17, 15) is 13.2 Å². The minimum absolute atomic E-state index is 0.350. The van der Waals surface area contributed by atoms with Gasteiger partial charge in [0.05, 0.1) is 11.9 Å². The third kappa shape index (κ3) is 4.11. The highest BCUT2D eigenvalue weighted by Crippen LogP contribution is 2.29. The van der Waals surface area contributed by atoms with Gasteiger partial charge >= 0.3 is 6.18 Å². The summed E-state index contributed by atoms with van der Waals surface area (Å²) in [6, 6.07) is 2.84. The van der Waals surface area contributed by atoms with Crippen molar-refractivity contribution in [1.29, 1.82) is 0 Å². The van der Waals surface area contributed by atoms with Gasteiger partial charge in [0, 0.05) is 6.04 Å². The fraction of sp³-hybridized carbons (Fsp3) is 0.643. The summed E-state index contributed by atoms with van der Waals surface area (Å²) in [6.45, 7) is 2.25. The van der Waals surface area contributed by atoms with Gasteiger partial charge in [-0.15, -0.1) is 0 Å². The summed E-state index contributed by atoms with van der Waals surface area (Å²) in [5.41, 5.74) is -0.167. The van der Waals surface area contributed by atoms with Crippen molar-refractivity contribution in [3.8, 4) is 0 Å². The molecule has 1 N–H and O–H groups in total. The molecule has 2 unspecified atom stereocenters. The normalized spacial score (nSPS) is 24.8. The van der Waals surface area contributed by atoms with Crippen LogP contribution in [0.1, 0.15) is 44.7 Å². The predicted octanol–water partition coefficient (Wildman–Crippen LogP) is 4.48. The maximum absolute atomic E-state index is 12.4. The minimum atomic E-state index is -4.36. The molecule has 1 aliphatic carbocycles. The number of aromatic nitrogens is 1. The summed E-state index contributed by atoms with van der Waals surface area (Å²) < 4.78 is 37.2. The number of pyridine rings is 1. The maximum atomic E-state index is 12.4. The van der Waals surface area contributed by atoms with Gasteiger partial charge in [-0.1, -0.05) is 19.8 Å². The lowest BCUT2D eigenvalue weighted by Gasteiger charge is -2.18. The van der Waals surface area contributed by atoms with Gasteiger partial charge in [-0.25, -0.2) is 4.98 Å². The fourth-order valence-corrected chi connectivity index (χ4v) is 2.51. The first-order valence-corrected chi connectivity index (χ1v) is 6.75. The number of nitrogens with one attached hydrogen (secondary N) is 1. The van der Waals surface area contributed by atoms with Crippen molar-refractivity contribution in [2.75, 3.05) is 5.32 Å². The molecule has 1 fully saturated rings. The molecule has 0 radical (unpaired) electrons. The second kappa shape index (κ2) is 5.80. The van der Waals surface area contributed by atoms with Crippen molar-refractivity contribution in [2.45, 2.75) is 51.2 Å². The highest BCUT2D eigenvalue weighted by molar-refractivity contribution is 5.42. The van der Waals surface area contributed by atoms with Crippen LogP contribution in [0, 0.1) is 5.92 Å². The molecule has 0 aromatic carbocycles. The zero-order valence-electron chi connectivity index (χ0n) is 11.0. The minimum Gasteiger partial charge on any atom is -0.381 e. The van der Waals surface area contributed by atoms with Gasteiger partial charge in [-0.3, -0.25) is 0 Å². The standard InChI is InChI=1S/C14H19F3N2/c1-10-3-2-4-11(6-5-10)19-12-7-8-13(18-9-12)14(15,16)17/h7-11,19H,2-6H2,1H3. The van der Waals surface area contributed by atoms with Crippen molar-refractivity contribution < 1.29 is 13.2 Å². The lowest BCUT2D eigenvalue weighted by atomic mass is 10.0. The van der Waals surface area contributed by atoms with Gasteiger partial charge in [0.1, 0.15) is 5.69 Å². The highest BCUT2D eigenvalue weighted by atomic mass is 19.4. The molecule has 2 atom stereocenters. The smallest absolute Gasteiger partial charge is 0.381 e. The molecule has 1 saturated carbocycles. The van der Waals surface area contributed by atoms with E-state index < -0.39 is 11.9 Å². The van der Waals surface area contributed by atoms with Crippen LogP contribution in [0.2, 0.25) is 0 Å². The van der Waals surface area contributed by atoms with Crippen molar-refractivity contribution in [1.82, 2.24) is 4.98 Å². The molecule has 2 rings (SSSR count). The summed E-state index contributed by atoms with van der Waals surface area (Å²) in [7, 11) is 0. The van der Waals surface area contributed by atoms with Crippen molar-refractivity contribution in [2.24, 2.45) is 5.92 Å². The molecule has 0 amide bonds. The van der Waals surface area contributed by atoms with Gasteiger partial charge in [-0.05, 0) is 37.3 Å². The van der Waals surface area contributed by atoms with E-state index in [0.717, 1.165) is 24.8 Å². The van der Waals surface area contributed by atoms with Crippen LogP contribution in [0.4, 0.5) is 18.9 Å². The lowest BCUT2D eigenvalue weighted by molar-refractivity contribution is -0.141. The number of anilines is 1. The van der Waals surface area contributed by atoms with Crippen LogP contribution in [0.3, 0.4) is 0 Å². The molecule has 1 heterocycles. The van der Waals surface area contributed by atoms with Crippen LogP contribution >= 0.6 is 0 Å². The van der Waals surface area contributed by atoms with Crippen molar-refractivity contribution >= 4 is 5.69 Å². The van der Waals surface area contributed by atoms with Gasteiger partial charge in [0.2, 0.25) is 0 Å². The van der Waals surface area contributed by atoms with Crippen LogP contribution in [-0.2, 0) is 6.18 Å². The van der Waals surface area contributed by atoms with E-state index in [4.69, 9.17) is 0 Å². The van der Waals surface area contributed by atoms with Crippen LogP contribution in [0.15, 0.2) is 18.3 Å². The molecule has 0 aliphatic heterocycles. The topological polar surface area (TPSA) is 24.9 Å². The Morgan fingerprint density at radius 1 is 1.16 bits per heavy atom. The summed E-state index contributed by atoms with van der Waals surface area (Å²) in [4.78, 5) is 3.47. The molecule has 1 aromatic heterocycles. The van der Waals surface area contributed by atoms with E-state index in [1.807, 2.05) is 0 Å². The molecule has 0 bridgehead atoms. The average Bonchev–Trinajstić information content (AvgIpc) is 2.54. The lowest BCUT2D eigenvalue weighted by Crippen LogP contribution is -2.19. The van der Waals surface area contributed by atoms with E-state index in [1.54, 1.807) is 0 Å². The van der Waals surface area contributed by atoms with Gasteiger partial charge in [0.25, 0.3) is 0 Å². The van der Waals surface area contributed by atoms with E-state index in [-0.39, 0.29) is 0 Å². The Morgan fingerprint density at radius 3 is 2.58 bits per heavy atom. The maximum Gasteiger partial charge on any atom is 0.433 e. The summed E-state index contributed by atoms with van der Waals surface area (Å²) in [6.07, 6.45) is 2.64. The third-order valence-electron chi connectivity index (χ3n) is 3.68. The van der Waals surface area contributed by atoms with E-state index >= 15 is 0 Å². The van der Waals surface area contributed by atoms with Crippen LogP contribution in [0.25, 0.3) is 0 Å². The van der Waals surface area contributed by atoms with Crippen LogP contribution in [-0.4, -0.2) is 11.0 Å². The number of hydrogen-bond acceptors (Lipinski definition) is 2. The number of rotatable bonds is 2. The molecular formula is C14H19F3N2. The van der Waals surface area contributed by atoms with Gasteiger partial charge < -0.3 is 5.32 Å². The largest absolute Gasteiger partial charge is 0.433 e.